The van der Waals surface area contributed by atoms with Crippen LogP contribution in [0, 0.1) is 12.8 Å². The van der Waals surface area contributed by atoms with Gasteiger partial charge in [0.25, 0.3) is 0 Å². The van der Waals surface area contributed by atoms with Crippen molar-refractivity contribution in [2.45, 2.75) is 33.1 Å². The van der Waals surface area contributed by atoms with Crippen molar-refractivity contribution in [3.63, 3.8) is 0 Å². The van der Waals surface area contributed by atoms with Gasteiger partial charge in [0.2, 0.25) is 11.8 Å². The quantitative estimate of drug-likeness (QED) is 0.921. The summed E-state index contributed by atoms with van der Waals surface area (Å²) in [4.78, 5) is 25.8. The maximum Gasteiger partial charge on any atom is 0.229 e. The molecule has 2 amide bonds. The molecule has 0 aromatic heterocycles. The lowest BCUT2D eigenvalue weighted by Crippen LogP contribution is -2.43. The SMILES string of the molecule is CCC(=O)N1CCCC(C(=O)Nc2ccc(C)cc2)C1. The molecule has 1 unspecified atom stereocenters. The summed E-state index contributed by atoms with van der Waals surface area (Å²) in [6.07, 6.45) is 2.26. The number of carbonyl (C=O) groups is 2. The van der Waals surface area contributed by atoms with Gasteiger partial charge in [-0.3, -0.25) is 9.59 Å². The lowest BCUT2D eigenvalue weighted by molar-refractivity contribution is -0.134. The predicted molar refractivity (Wildman–Crippen MR) is 79.4 cm³/mol. The molecule has 4 nitrogen and oxygen atoms in total. The standard InChI is InChI=1S/C16H22N2O2/c1-3-15(19)18-10-4-5-13(11-18)16(20)17-14-8-6-12(2)7-9-14/h6-9,13H,3-5,10-11H2,1-2H3,(H,17,20). The summed E-state index contributed by atoms with van der Waals surface area (Å²) in [5.41, 5.74) is 1.99. The summed E-state index contributed by atoms with van der Waals surface area (Å²) in [6.45, 7) is 5.20. The third-order valence-electron chi connectivity index (χ3n) is 3.77. The Bertz CT molecular complexity index is 482. The highest BCUT2D eigenvalue weighted by atomic mass is 16.2. The molecule has 0 radical (unpaired) electrons. The highest BCUT2D eigenvalue weighted by Crippen LogP contribution is 2.19. The smallest absolute Gasteiger partial charge is 0.229 e. The molecule has 4 heteroatoms. The Kier molecular flexibility index (Phi) is 4.77. The third-order valence-corrected chi connectivity index (χ3v) is 3.77. The second kappa shape index (κ2) is 6.55. The molecule has 1 heterocycles. The van der Waals surface area contributed by atoms with E-state index in [0.717, 1.165) is 25.1 Å². The molecule has 0 spiro atoms. The van der Waals surface area contributed by atoms with Crippen molar-refractivity contribution in [2.24, 2.45) is 5.92 Å². The summed E-state index contributed by atoms with van der Waals surface area (Å²) in [5.74, 6) is 0.0563. The Labute approximate surface area is 120 Å². The molecular formula is C16H22N2O2. The van der Waals surface area contributed by atoms with Crippen LogP contribution < -0.4 is 5.32 Å². The minimum Gasteiger partial charge on any atom is -0.342 e. The van der Waals surface area contributed by atoms with Gasteiger partial charge in [-0.05, 0) is 31.9 Å². The number of amides is 2. The molecule has 1 aromatic carbocycles. The van der Waals surface area contributed by atoms with Gasteiger partial charge in [0.05, 0.1) is 5.92 Å². The van der Waals surface area contributed by atoms with Crippen molar-refractivity contribution < 1.29 is 9.59 Å². The monoisotopic (exact) mass is 274 g/mol. The van der Waals surface area contributed by atoms with Gasteiger partial charge in [0, 0.05) is 25.2 Å². The van der Waals surface area contributed by atoms with E-state index in [0.29, 0.717) is 13.0 Å². The fraction of sp³-hybridized carbons (Fsp3) is 0.500. The van der Waals surface area contributed by atoms with E-state index in [1.165, 1.54) is 5.56 Å². The minimum absolute atomic E-state index is 0.0162. The van der Waals surface area contributed by atoms with Crippen LogP contribution in [0.2, 0.25) is 0 Å². The van der Waals surface area contributed by atoms with Crippen LogP contribution >= 0.6 is 0 Å². The molecule has 20 heavy (non-hydrogen) atoms. The number of carbonyl (C=O) groups excluding carboxylic acids is 2. The van der Waals surface area contributed by atoms with Crippen LogP contribution in [0.25, 0.3) is 0 Å². The number of hydrogen-bond acceptors (Lipinski definition) is 2. The minimum atomic E-state index is -0.0967. The van der Waals surface area contributed by atoms with Gasteiger partial charge >= 0.3 is 0 Å². The van der Waals surface area contributed by atoms with Gasteiger partial charge in [0.1, 0.15) is 0 Å². The normalized spacial score (nSPS) is 18.7. The Hall–Kier alpha value is -1.84. The fourth-order valence-corrected chi connectivity index (χ4v) is 2.52. The van der Waals surface area contributed by atoms with Crippen molar-refractivity contribution in [3.05, 3.63) is 29.8 Å². The molecule has 0 bridgehead atoms. The summed E-state index contributed by atoms with van der Waals surface area (Å²) in [7, 11) is 0. The van der Waals surface area contributed by atoms with E-state index in [4.69, 9.17) is 0 Å². The molecule has 0 aliphatic carbocycles. The van der Waals surface area contributed by atoms with Crippen LogP contribution in [0.1, 0.15) is 31.7 Å². The number of rotatable bonds is 3. The summed E-state index contributed by atoms with van der Waals surface area (Å²) in [6, 6.07) is 7.77. The van der Waals surface area contributed by atoms with Crippen LogP contribution in [0.15, 0.2) is 24.3 Å². The zero-order valence-corrected chi connectivity index (χ0v) is 12.2. The number of benzene rings is 1. The molecule has 1 aromatic rings. The average molecular weight is 274 g/mol. The average Bonchev–Trinajstić information content (AvgIpc) is 2.49. The lowest BCUT2D eigenvalue weighted by Gasteiger charge is -2.31. The van der Waals surface area contributed by atoms with Gasteiger partial charge < -0.3 is 10.2 Å². The highest BCUT2D eigenvalue weighted by Gasteiger charge is 2.27. The zero-order chi connectivity index (χ0) is 14.5. The van der Waals surface area contributed by atoms with Crippen molar-refractivity contribution in [1.82, 2.24) is 4.90 Å². The maximum atomic E-state index is 12.3. The van der Waals surface area contributed by atoms with Gasteiger partial charge in [0.15, 0.2) is 0 Å². The van der Waals surface area contributed by atoms with Crippen LogP contribution in [0.4, 0.5) is 5.69 Å². The van der Waals surface area contributed by atoms with Crippen LogP contribution in [0.3, 0.4) is 0 Å². The van der Waals surface area contributed by atoms with E-state index < -0.39 is 0 Å². The molecule has 1 fully saturated rings. The Balaban J connectivity index is 1.95. The van der Waals surface area contributed by atoms with E-state index in [9.17, 15) is 9.59 Å². The summed E-state index contributed by atoms with van der Waals surface area (Å²) < 4.78 is 0. The number of likely N-dealkylation sites (tertiary alicyclic amines) is 1. The Morgan fingerprint density at radius 3 is 2.65 bits per heavy atom. The van der Waals surface area contributed by atoms with Crippen molar-refractivity contribution >= 4 is 17.5 Å². The number of nitrogens with one attached hydrogen (secondary N) is 1. The first-order valence-electron chi connectivity index (χ1n) is 7.25. The number of anilines is 1. The summed E-state index contributed by atoms with van der Waals surface area (Å²) in [5, 5.41) is 2.94. The summed E-state index contributed by atoms with van der Waals surface area (Å²) >= 11 is 0. The van der Waals surface area contributed by atoms with E-state index in [1.807, 2.05) is 43.0 Å². The Morgan fingerprint density at radius 1 is 1.30 bits per heavy atom. The molecule has 1 aliphatic heterocycles. The van der Waals surface area contributed by atoms with Crippen LogP contribution in [-0.2, 0) is 9.59 Å². The third kappa shape index (κ3) is 3.59. The molecule has 1 saturated heterocycles. The fourth-order valence-electron chi connectivity index (χ4n) is 2.52. The molecule has 1 aliphatic rings. The molecule has 0 saturated carbocycles. The first-order chi connectivity index (χ1) is 9.60. The second-order valence-electron chi connectivity index (χ2n) is 5.39. The molecule has 2 rings (SSSR count). The highest BCUT2D eigenvalue weighted by molar-refractivity contribution is 5.93. The number of aryl methyl sites for hydroxylation is 1. The van der Waals surface area contributed by atoms with Gasteiger partial charge in [-0.2, -0.15) is 0 Å². The molecular weight excluding hydrogens is 252 g/mol. The van der Waals surface area contributed by atoms with Gasteiger partial charge in [-0.15, -0.1) is 0 Å². The largest absolute Gasteiger partial charge is 0.342 e. The number of nitrogens with zero attached hydrogens (tertiary/aromatic N) is 1. The van der Waals surface area contributed by atoms with Crippen LogP contribution in [0.5, 0.6) is 0 Å². The van der Waals surface area contributed by atoms with Crippen molar-refractivity contribution in [2.75, 3.05) is 18.4 Å². The molecule has 1 N–H and O–H groups in total. The zero-order valence-electron chi connectivity index (χ0n) is 12.2. The van der Waals surface area contributed by atoms with E-state index in [-0.39, 0.29) is 17.7 Å². The van der Waals surface area contributed by atoms with E-state index in [1.54, 1.807) is 0 Å². The van der Waals surface area contributed by atoms with Crippen molar-refractivity contribution in [1.29, 1.82) is 0 Å². The van der Waals surface area contributed by atoms with E-state index in [2.05, 4.69) is 5.32 Å². The second-order valence-corrected chi connectivity index (χ2v) is 5.39. The lowest BCUT2D eigenvalue weighted by atomic mass is 9.96. The number of hydrogen-bond donors (Lipinski definition) is 1. The molecule has 108 valence electrons. The first kappa shape index (κ1) is 14.6. The Morgan fingerprint density at radius 2 is 2.00 bits per heavy atom. The number of piperidine rings is 1. The van der Waals surface area contributed by atoms with Gasteiger partial charge in [-0.1, -0.05) is 24.6 Å². The van der Waals surface area contributed by atoms with Crippen LogP contribution in [-0.4, -0.2) is 29.8 Å². The first-order valence-corrected chi connectivity index (χ1v) is 7.25. The van der Waals surface area contributed by atoms with Gasteiger partial charge in [-0.25, -0.2) is 0 Å². The molecule has 1 atom stereocenters. The maximum absolute atomic E-state index is 12.3. The van der Waals surface area contributed by atoms with Crippen molar-refractivity contribution in [3.8, 4) is 0 Å². The van der Waals surface area contributed by atoms with E-state index >= 15 is 0 Å². The predicted octanol–water partition coefficient (Wildman–Crippen LogP) is 2.58. The topological polar surface area (TPSA) is 49.4 Å².